The maximum absolute atomic E-state index is 12.6. The Balaban J connectivity index is 1.74. The fourth-order valence-electron chi connectivity index (χ4n) is 3.41. The quantitative estimate of drug-likeness (QED) is 0.865. The van der Waals surface area contributed by atoms with Crippen LogP contribution in [0.25, 0.3) is 0 Å². The van der Waals surface area contributed by atoms with Gasteiger partial charge in [0, 0.05) is 18.8 Å². The molecule has 0 aromatic heterocycles. The Hall–Kier alpha value is -1.97. The van der Waals surface area contributed by atoms with E-state index < -0.39 is 0 Å². The van der Waals surface area contributed by atoms with Crippen molar-refractivity contribution in [2.24, 2.45) is 0 Å². The fraction of sp³-hybridized carbons (Fsp3) is 0.471. The highest BCUT2D eigenvalue weighted by molar-refractivity contribution is 5.86. The molecule has 1 aliphatic carbocycles. The lowest BCUT2D eigenvalue weighted by Gasteiger charge is -2.27. The van der Waals surface area contributed by atoms with Crippen LogP contribution in [-0.4, -0.2) is 30.4 Å². The van der Waals surface area contributed by atoms with Crippen molar-refractivity contribution in [3.8, 4) is 0 Å². The number of carbonyl (C=O) groups excluding carboxylic acids is 1. The molecule has 0 bridgehead atoms. The number of hydrogen-bond acceptors (Lipinski definition) is 3. The number of amides is 1. The van der Waals surface area contributed by atoms with Gasteiger partial charge in [0.2, 0.25) is 5.91 Å². The lowest BCUT2D eigenvalue weighted by atomic mass is 10.1. The fourth-order valence-corrected chi connectivity index (χ4v) is 3.41. The summed E-state index contributed by atoms with van der Waals surface area (Å²) in [6.07, 6.45) is 6.46. The molecule has 0 spiro atoms. The van der Waals surface area contributed by atoms with E-state index in [9.17, 15) is 4.79 Å². The highest BCUT2D eigenvalue weighted by atomic mass is 16.2. The van der Waals surface area contributed by atoms with Crippen LogP contribution < -0.4 is 10.6 Å². The molecule has 0 unspecified atom stereocenters. The molecular weight excluding hydrogens is 262 g/mol. The molecule has 1 amide bonds. The molecule has 2 N–H and O–H groups in total. The van der Waals surface area contributed by atoms with Gasteiger partial charge in [-0.2, -0.15) is 0 Å². The Morgan fingerprint density at radius 1 is 1.38 bits per heavy atom. The predicted octanol–water partition coefficient (Wildman–Crippen LogP) is 2.55. The minimum atomic E-state index is 0.182. The topological polar surface area (TPSA) is 49.6 Å². The zero-order chi connectivity index (χ0) is 14.8. The Morgan fingerprint density at radius 2 is 2.24 bits per heavy atom. The number of nitrogen functional groups attached to an aromatic ring is 1. The molecule has 2 aliphatic rings. The number of hydrogen-bond donors (Lipinski definition) is 1. The van der Waals surface area contributed by atoms with Crippen molar-refractivity contribution in [3.63, 3.8) is 0 Å². The second-order valence-electron chi connectivity index (χ2n) is 5.75. The summed E-state index contributed by atoms with van der Waals surface area (Å²) in [6, 6.07) is 6.01. The SMILES string of the molecule is CCN(C(=O)CN1CCc2cccc(N)c21)C1=CCCC1. The summed E-state index contributed by atoms with van der Waals surface area (Å²) in [6.45, 7) is 4.09. The average Bonchev–Trinajstić information content (AvgIpc) is 3.11. The van der Waals surface area contributed by atoms with Crippen molar-refractivity contribution >= 4 is 17.3 Å². The third-order valence-electron chi connectivity index (χ3n) is 4.43. The number of nitrogens with zero attached hydrogens (tertiary/aromatic N) is 2. The van der Waals surface area contributed by atoms with Crippen molar-refractivity contribution in [2.45, 2.75) is 32.6 Å². The van der Waals surface area contributed by atoms with Crippen molar-refractivity contribution in [3.05, 3.63) is 35.5 Å². The number of allylic oxidation sites excluding steroid dienone is 2. The number of rotatable bonds is 4. The highest BCUT2D eigenvalue weighted by Crippen LogP contribution is 2.33. The monoisotopic (exact) mass is 285 g/mol. The van der Waals surface area contributed by atoms with Crippen LogP contribution in [-0.2, 0) is 11.2 Å². The summed E-state index contributed by atoms with van der Waals surface area (Å²) in [7, 11) is 0. The molecule has 1 aliphatic heterocycles. The number of fused-ring (bicyclic) bond motifs is 1. The summed E-state index contributed by atoms with van der Waals surface area (Å²) in [5.41, 5.74) is 10.4. The van der Waals surface area contributed by atoms with E-state index in [1.165, 1.54) is 17.7 Å². The van der Waals surface area contributed by atoms with E-state index in [0.717, 1.165) is 43.7 Å². The normalized spacial score (nSPS) is 16.8. The number of carbonyl (C=O) groups is 1. The zero-order valence-corrected chi connectivity index (χ0v) is 12.6. The molecule has 0 saturated carbocycles. The predicted molar refractivity (Wildman–Crippen MR) is 86.1 cm³/mol. The molecule has 4 nitrogen and oxygen atoms in total. The lowest BCUT2D eigenvalue weighted by Crippen LogP contribution is -2.39. The van der Waals surface area contributed by atoms with Crippen LogP contribution in [0.2, 0.25) is 0 Å². The average molecular weight is 285 g/mol. The largest absolute Gasteiger partial charge is 0.397 e. The first kappa shape index (κ1) is 14.0. The lowest BCUT2D eigenvalue weighted by molar-refractivity contribution is -0.127. The van der Waals surface area contributed by atoms with Gasteiger partial charge in [-0.3, -0.25) is 4.79 Å². The molecule has 21 heavy (non-hydrogen) atoms. The van der Waals surface area contributed by atoms with Crippen molar-refractivity contribution in [1.82, 2.24) is 4.90 Å². The van der Waals surface area contributed by atoms with Crippen LogP contribution in [0.3, 0.4) is 0 Å². The first-order valence-corrected chi connectivity index (χ1v) is 7.82. The second kappa shape index (κ2) is 5.80. The van der Waals surface area contributed by atoms with E-state index in [-0.39, 0.29) is 5.91 Å². The Bertz CT molecular complexity index is 579. The molecule has 0 saturated heterocycles. The van der Waals surface area contributed by atoms with Gasteiger partial charge in [-0.15, -0.1) is 0 Å². The number of benzene rings is 1. The summed E-state index contributed by atoms with van der Waals surface area (Å²) >= 11 is 0. The molecule has 4 heteroatoms. The first-order chi connectivity index (χ1) is 10.2. The van der Waals surface area contributed by atoms with Gasteiger partial charge in [0.05, 0.1) is 17.9 Å². The summed E-state index contributed by atoms with van der Waals surface area (Å²) in [5, 5.41) is 0. The Kier molecular flexibility index (Phi) is 3.86. The molecule has 0 radical (unpaired) electrons. The molecule has 1 heterocycles. The maximum atomic E-state index is 12.6. The van der Waals surface area contributed by atoms with Gasteiger partial charge in [0.15, 0.2) is 0 Å². The van der Waals surface area contributed by atoms with Gasteiger partial charge in [-0.05, 0) is 44.2 Å². The standard InChI is InChI=1S/C17H23N3O/c1-2-20(14-7-3-4-8-14)16(21)12-19-11-10-13-6-5-9-15(18)17(13)19/h5-7,9H,2-4,8,10-12,18H2,1H3. The summed E-state index contributed by atoms with van der Waals surface area (Å²) < 4.78 is 0. The van der Waals surface area contributed by atoms with E-state index >= 15 is 0 Å². The number of anilines is 2. The van der Waals surface area contributed by atoms with E-state index in [1.54, 1.807) is 0 Å². The Labute approximate surface area is 126 Å². The van der Waals surface area contributed by atoms with Crippen molar-refractivity contribution in [1.29, 1.82) is 0 Å². The molecule has 1 aromatic carbocycles. The van der Waals surface area contributed by atoms with Crippen molar-refractivity contribution < 1.29 is 4.79 Å². The number of nitrogens with two attached hydrogens (primary N) is 1. The van der Waals surface area contributed by atoms with Gasteiger partial charge < -0.3 is 15.5 Å². The summed E-state index contributed by atoms with van der Waals surface area (Å²) in [5.74, 6) is 0.182. The van der Waals surface area contributed by atoms with Crippen LogP contribution in [0.1, 0.15) is 31.7 Å². The van der Waals surface area contributed by atoms with E-state index in [1.807, 2.05) is 24.0 Å². The smallest absolute Gasteiger partial charge is 0.246 e. The van der Waals surface area contributed by atoms with Crippen LogP contribution >= 0.6 is 0 Å². The Morgan fingerprint density at radius 3 is 2.95 bits per heavy atom. The van der Waals surface area contributed by atoms with Crippen LogP contribution in [0.4, 0.5) is 11.4 Å². The van der Waals surface area contributed by atoms with E-state index in [0.29, 0.717) is 6.54 Å². The molecule has 3 rings (SSSR count). The summed E-state index contributed by atoms with van der Waals surface area (Å²) in [4.78, 5) is 16.7. The van der Waals surface area contributed by atoms with Gasteiger partial charge in [-0.25, -0.2) is 0 Å². The van der Waals surface area contributed by atoms with Crippen molar-refractivity contribution in [2.75, 3.05) is 30.3 Å². The zero-order valence-electron chi connectivity index (χ0n) is 12.6. The molecule has 112 valence electrons. The molecule has 0 atom stereocenters. The van der Waals surface area contributed by atoms with Crippen LogP contribution in [0.15, 0.2) is 30.0 Å². The number of likely N-dealkylation sites (N-methyl/N-ethyl adjacent to an activating group) is 1. The molecule has 0 fully saturated rings. The minimum absolute atomic E-state index is 0.182. The number of para-hydroxylation sites is 1. The minimum Gasteiger partial charge on any atom is -0.397 e. The molecular formula is C17H23N3O. The van der Waals surface area contributed by atoms with Gasteiger partial charge in [0.25, 0.3) is 0 Å². The van der Waals surface area contributed by atoms with Crippen LogP contribution in [0.5, 0.6) is 0 Å². The van der Waals surface area contributed by atoms with E-state index in [2.05, 4.69) is 17.0 Å². The second-order valence-corrected chi connectivity index (χ2v) is 5.75. The maximum Gasteiger partial charge on any atom is 0.246 e. The molecule has 1 aromatic rings. The van der Waals surface area contributed by atoms with E-state index in [4.69, 9.17) is 5.73 Å². The van der Waals surface area contributed by atoms with Gasteiger partial charge in [0.1, 0.15) is 0 Å². The van der Waals surface area contributed by atoms with Gasteiger partial charge >= 0.3 is 0 Å². The van der Waals surface area contributed by atoms with Gasteiger partial charge in [-0.1, -0.05) is 18.2 Å². The third-order valence-corrected chi connectivity index (χ3v) is 4.43. The van der Waals surface area contributed by atoms with Crippen LogP contribution in [0, 0.1) is 0 Å². The third kappa shape index (κ3) is 2.62. The highest BCUT2D eigenvalue weighted by Gasteiger charge is 2.26. The first-order valence-electron chi connectivity index (χ1n) is 7.82.